The van der Waals surface area contributed by atoms with Gasteiger partial charge in [-0.15, -0.1) is 5.10 Å². The van der Waals surface area contributed by atoms with Crippen LogP contribution in [0.3, 0.4) is 0 Å². The Bertz CT molecular complexity index is 628. The number of aromatic nitrogens is 3. The lowest BCUT2D eigenvalue weighted by molar-refractivity contribution is 0.947. The topological polar surface area (TPSA) is 56.2 Å². The number of nitrogen functional groups attached to an aromatic ring is 1. The van der Waals surface area contributed by atoms with Crippen molar-refractivity contribution in [2.45, 2.75) is 0 Å². The van der Waals surface area contributed by atoms with Crippen molar-refractivity contribution in [3.05, 3.63) is 48.8 Å². The van der Waals surface area contributed by atoms with Gasteiger partial charge in [0.1, 0.15) is 5.82 Å². The molecule has 0 amide bonds. The summed E-state index contributed by atoms with van der Waals surface area (Å²) < 4.78 is 1.69. The number of nitrogens with zero attached hydrogens (tertiary/aromatic N) is 3. The molecule has 0 saturated heterocycles. The molecule has 3 aromatic rings. The van der Waals surface area contributed by atoms with Crippen LogP contribution in [0.15, 0.2) is 48.8 Å². The third-order valence-electron chi connectivity index (χ3n) is 2.44. The van der Waals surface area contributed by atoms with Crippen molar-refractivity contribution in [3.63, 3.8) is 0 Å². The van der Waals surface area contributed by atoms with Gasteiger partial charge in [-0.05, 0) is 5.56 Å². The van der Waals surface area contributed by atoms with E-state index in [1.807, 2.05) is 42.7 Å². The zero-order chi connectivity index (χ0) is 11.0. The molecule has 2 heterocycles. The van der Waals surface area contributed by atoms with Gasteiger partial charge in [0.15, 0.2) is 5.65 Å². The number of benzene rings is 1. The zero-order valence-electron chi connectivity index (χ0n) is 8.54. The fraction of sp³-hybridized carbons (Fsp3) is 0. The molecule has 3 rings (SSSR count). The summed E-state index contributed by atoms with van der Waals surface area (Å²) in [6.45, 7) is 0. The van der Waals surface area contributed by atoms with Crippen LogP contribution in [0.1, 0.15) is 0 Å². The first-order valence-corrected chi connectivity index (χ1v) is 4.99. The Balaban J connectivity index is 2.18. The second-order valence-corrected chi connectivity index (χ2v) is 3.58. The number of hydrogen-bond acceptors (Lipinski definition) is 3. The van der Waals surface area contributed by atoms with Crippen LogP contribution in [0, 0.1) is 0 Å². The fourth-order valence-electron chi connectivity index (χ4n) is 1.67. The molecule has 4 nitrogen and oxygen atoms in total. The van der Waals surface area contributed by atoms with Crippen molar-refractivity contribution >= 4 is 11.5 Å². The molecular weight excluding hydrogens is 200 g/mol. The number of nitrogens with two attached hydrogens (primary N) is 1. The number of anilines is 1. The van der Waals surface area contributed by atoms with Crippen LogP contribution in [-0.4, -0.2) is 14.6 Å². The van der Waals surface area contributed by atoms with Crippen LogP contribution in [0.4, 0.5) is 5.82 Å². The number of rotatable bonds is 1. The summed E-state index contributed by atoms with van der Waals surface area (Å²) in [7, 11) is 0. The molecule has 0 fully saturated rings. The van der Waals surface area contributed by atoms with Gasteiger partial charge >= 0.3 is 0 Å². The number of fused-ring (bicyclic) bond motifs is 1. The first kappa shape index (κ1) is 8.91. The molecule has 1 aromatic carbocycles. The molecule has 16 heavy (non-hydrogen) atoms. The van der Waals surface area contributed by atoms with E-state index in [0.29, 0.717) is 5.82 Å². The lowest BCUT2D eigenvalue weighted by Crippen LogP contribution is -1.92. The highest BCUT2D eigenvalue weighted by molar-refractivity contribution is 5.63. The Kier molecular flexibility index (Phi) is 1.86. The molecule has 2 N–H and O–H groups in total. The van der Waals surface area contributed by atoms with E-state index in [1.54, 1.807) is 10.6 Å². The summed E-state index contributed by atoms with van der Waals surface area (Å²) in [5.74, 6) is 0.484. The van der Waals surface area contributed by atoms with Crippen LogP contribution < -0.4 is 5.73 Å². The van der Waals surface area contributed by atoms with E-state index < -0.39 is 0 Å². The molecule has 0 saturated carbocycles. The van der Waals surface area contributed by atoms with Crippen molar-refractivity contribution in [2.75, 3.05) is 5.73 Å². The summed E-state index contributed by atoms with van der Waals surface area (Å²) in [5, 5.41) is 4.13. The summed E-state index contributed by atoms with van der Waals surface area (Å²) in [4.78, 5) is 4.30. The van der Waals surface area contributed by atoms with Crippen molar-refractivity contribution < 1.29 is 0 Å². The van der Waals surface area contributed by atoms with Gasteiger partial charge in [-0.3, -0.25) is 0 Å². The molecule has 0 atom stereocenters. The van der Waals surface area contributed by atoms with Crippen molar-refractivity contribution in [1.82, 2.24) is 14.6 Å². The highest BCUT2D eigenvalue weighted by Gasteiger charge is 2.02. The Morgan fingerprint density at radius 1 is 1.06 bits per heavy atom. The highest BCUT2D eigenvalue weighted by Crippen LogP contribution is 2.18. The average Bonchev–Trinajstić information content (AvgIpc) is 2.69. The molecule has 2 aromatic heterocycles. The molecule has 0 radical (unpaired) electrons. The van der Waals surface area contributed by atoms with Gasteiger partial charge in [0.2, 0.25) is 0 Å². The van der Waals surface area contributed by atoms with Gasteiger partial charge in [0, 0.05) is 24.0 Å². The minimum atomic E-state index is 0.484. The Hall–Kier alpha value is -2.36. The van der Waals surface area contributed by atoms with Crippen molar-refractivity contribution in [2.24, 2.45) is 0 Å². The Morgan fingerprint density at radius 3 is 2.69 bits per heavy atom. The second kappa shape index (κ2) is 3.34. The molecule has 0 aliphatic rings. The Labute approximate surface area is 92.4 Å². The molecule has 0 aliphatic carbocycles. The van der Waals surface area contributed by atoms with Gasteiger partial charge in [0.25, 0.3) is 0 Å². The molecule has 0 bridgehead atoms. The quantitative estimate of drug-likeness (QED) is 0.668. The van der Waals surface area contributed by atoms with Crippen LogP contribution in [0.25, 0.3) is 16.8 Å². The van der Waals surface area contributed by atoms with Gasteiger partial charge < -0.3 is 5.73 Å². The van der Waals surface area contributed by atoms with Crippen LogP contribution in [0.2, 0.25) is 0 Å². The van der Waals surface area contributed by atoms with E-state index in [-0.39, 0.29) is 0 Å². The molecule has 0 aliphatic heterocycles. The highest BCUT2D eigenvalue weighted by atomic mass is 15.3. The molecule has 4 heteroatoms. The van der Waals surface area contributed by atoms with E-state index in [0.717, 1.165) is 16.8 Å². The third-order valence-corrected chi connectivity index (χ3v) is 2.44. The van der Waals surface area contributed by atoms with Crippen LogP contribution >= 0.6 is 0 Å². The monoisotopic (exact) mass is 210 g/mol. The van der Waals surface area contributed by atoms with Crippen LogP contribution in [-0.2, 0) is 0 Å². The summed E-state index contributed by atoms with van der Waals surface area (Å²) in [6, 6.07) is 11.8. The summed E-state index contributed by atoms with van der Waals surface area (Å²) in [5.41, 5.74) is 8.51. The van der Waals surface area contributed by atoms with Gasteiger partial charge in [-0.1, -0.05) is 30.3 Å². The SMILES string of the molecule is Nc1cc2ncc(-c3ccccc3)cn2n1. The van der Waals surface area contributed by atoms with Crippen molar-refractivity contribution in [3.8, 4) is 11.1 Å². The molecular formula is C12H10N4. The maximum atomic E-state index is 5.61. The van der Waals surface area contributed by atoms with E-state index in [1.165, 1.54) is 0 Å². The third kappa shape index (κ3) is 1.40. The predicted molar refractivity (Wildman–Crippen MR) is 62.8 cm³/mol. The van der Waals surface area contributed by atoms with Crippen molar-refractivity contribution in [1.29, 1.82) is 0 Å². The maximum absolute atomic E-state index is 5.61. The first-order chi connectivity index (χ1) is 7.83. The van der Waals surface area contributed by atoms with E-state index in [2.05, 4.69) is 10.1 Å². The molecule has 78 valence electrons. The first-order valence-electron chi connectivity index (χ1n) is 4.99. The molecule has 0 spiro atoms. The van der Waals surface area contributed by atoms with Gasteiger partial charge in [-0.25, -0.2) is 9.50 Å². The second-order valence-electron chi connectivity index (χ2n) is 3.58. The minimum Gasteiger partial charge on any atom is -0.382 e. The number of hydrogen-bond donors (Lipinski definition) is 1. The average molecular weight is 210 g/mol. The summed E-state index contributed by atoms with van der Waals surface area (Å²) >= 11 is 0. The lowest BCUT2D eigenvalue weighted by atomic mass is 10.1. The van der Waals surface area contributed by atoms with Gasteiger partial charge in [0.05, 0.1) is 0 Å². The predicted octanol–water partition coefficient (Wildman–Crippen LogP) is 1.98. The normalized spacial score (nSPS) is 10.8. The fourth-order valence-corrected chi connectivity index (χ4v) is 1.67. The maximum Gasteiger partial charge on any atom is 0.157 e. The van der Waals surface area contributed by atoms with E-state index in [9.17, 15) is 0 Å². The minimum absolute atomic E-state index is 0.484. The zero-order valence-corrected chi connectivity index (χ0v) is 8.54. The largest absolute Gasteiger partial charge is 0.382 e. The smallest absolute Gasteiger partial charge is 0.157 e. The van der Waals surface area contributed by atoms with Gasteiger partial charge in [-0.2, -0.15) is 0 Å². The summed E-state index contributed by atoms with van der Waals surface area (Å²) in [6.07, 6.45) is 3.75. The van der Waals surface area contributed by atoms with E-state index in [4.69, 9.17) is 5.73 Å². The lowest BCUT2D eigenvalue weighted by Gasteiger charge is -2.00. The Morgan fingerprint density at radius 2 is 1.88 bits per heavy atom. The molecule has 0 unspecified atom stereocenters. The standard InChI is InChI=1S/C12H10N4/c13-11-6-12-14-7-10(8-16(12)15-11)9-4-2-1-3-5-9/h1-8H,(H2,13,15). The van der Waals surface area contributed by atoms with E-state index >= 15 is 0 Å². The van der Waals surface area contributed by atoms with Crippen LogP contribution in [0.5, 0.6) is 0 Å².